The van der Waals surface area contributed by atoms with Gasteiger partial charge in [-0.25, -0.2) is 4.68 Å². The normalized spacial score (nSPS) is 10.7. The second kappa shape index (κ2) is 8.67. The Kier molecular flexibility index (Phi) is 5.63. The summed E-state index contributed by atoms with van der Waals surface area (Å²) in [6.07, 6.45) is 1.58. The SMILES string of the molecule is O=C(NCCOc1ccccc1)c1cc(-c2ccco2)n(-c2ccc(Cl)cc2)n1. The molecule has 1 N–H and O–H groups in total. The second-order valence-electron chi connectivity index (χ2n) is 6.20. The van der Waals surface area contributed by atoms with Crippen molar-refractivity contribution in [3.05, 3.63) is 89.8 Å². The number of halogens is 1. The third kappa shape index (κ3) is 4.50. The molecule has 2 aromatic carbocycles. The molecule has 0 saturated carbocycles. The standard InChI is InChI=1S/C22H18ClN3O3/c23-16-8-10-17(11-9-16)26-20(21-7-4-13-29-21)15-19(25-26)22(27)24-12-14-28-18-5-2-1-3-6-18/h1-11,13,15H,12,14H2,(H,24,27). The molecule has 29 heavy (non-hydrogen) atoms. The highest BCUT2D eigenvalue weighted by Gasteiger charge is 2.18. The lowest BCUT2D eigenvalue weighted by atomic mass is 10.2. The summed E-state index contributed by atoms with van der Waals surface area (Å²) in [4.78, 5) is 12.6. The van der Waals surface area contributed by atoms with Crippen LogP contribution in [0.1, 0.15) is 10.5 Å². The third-order valence-corrected chi connectivity index (χ3v) is 4.44. The van der Waals surface area contributed by atoms with Crippen molar-refractivity contribution in [2.45, 2.75) is 0 Å². The molecule has 0 aliphatic heterocycles. The Morgan fingerprint density at radius 1 is 1.07 bits per heavy atom. The zero-order chi connectivity index (χ0) is 20.1. The van der Waals surface area contributed by atoms with Crippen LogP contribution in [0.15, 0.2) is 83.5 Å². The molecule has 2 heterocycles. The minimum Gasteiger partial charge on any atom is -0.492 e. The van der Waals surface area contributed by atoms with E-state index in [9.17, 15) is 4.79 Å². The quantitative estimate of drug-likeness (QED) is 0.455. The molecule has 0 saturated heterocycles. The molecular weight excluding hydrogens is 390 g/mol. The molecule has 4 aromatic rings. The van der Waals surface area contributed by atoms with Crippen molar-refractivity contribution >= 4 is 17.5 Å². The smallest absolute Gasteiger partial charge is 0.271 e. The Bertz CT molecular complexity index is 1070. The molecule has 4 rings (SSSR count). The Morgan fingerprint density at radius 2 is 1.86 bits per heavy atom. The van der Waals surface area contributed by atoms with Crippen molar-refractivity contribution in [2.24, 2.45) is 0 Å². The van der Waals surface area contributed by atoms with Crippen LogP contribution < -0.4 is 10.1 Å². The van der Waals surface area contributed by atoms with E-state index in [2.05, 4.69) is 10.4 Å². The van der Waals surface area contributed by atoms with E-state index < -0.39 is 0 Å². The lowest BCUT2D eigenvalue weighted by Crippen LogP contribution is -2.28. The van der Waals surface area contributed by atoms with E-state index in [1.54, 1.807) is 35.2 Å². The second-order valence-corrected chi connectivity index (χ2v) is 6.63. The van der Waals surface area contributed by atoms with Crippen molar-refractivity contribution in [3.63, 3.8) is 0 Å². The summed E-state index contributed by atoms with van der Waals surface area (Å²) in [5, 5.41) is 7.91. The van der Waals surface area contributed by atoms with Crippen molar-refractivity contribution < 1.29 is 13.9 Å². The van der Waals surface area contributed by atoms with E-state index >= 15 is 0 Å². The fourth-order valence-electron chi connectivity index (χ4n) is 2.81. The van der Waals surface area contributed by atoms with Crippen LogP contribution in [0.5, 0.6) is 5.75 Å². The van der Waals surface area contributed by atoms with E-state index in [1.807, 2.05) is 48.5 Å². The lowest BCUT2D eigenvalue weighted by molar-refractivity contribution is 0.0941. The number of hydrogen-bond acceptors (Lipinski definition) is 4. The summed E-state index contributed by atoms with van der Waals surface area (Å²) in [6, 6.07) is 21.9. The van der Waals surface area contributed by atoms with Gasteiger partial charge in [-0.15, -0.1) is 0 Å². The summed E-state index contributed by atoms with van der Waals surface area (Å²) in [5.74, 6) is 1.08. The van der Waals surface area contributed by atoms with Crippen LogP contribution in [0.25, 0.3) is 17.1 Å². The number of benzene rings is 2. The molecule has 0 bridgehead atoms. The van der Waals surface area contributed by atoms with Crippen LogP contribution in [0.3, 0.4) is 0 Å². The Labute approximate surface area is 172 Å². The van der Waals surface area contributed by atoms with Gasteiger partial charge < -0.3 is 14.5 Å². The molecule has 0 atom stereocenters. The highest BCUT2D eigenvalue weighted by molar-refractivity contribution is 6.30. The van der Waals surface area contributed by atoms with Gasteiger partial charge in [0.15, 0.2) is 11.5 Å². The third-order valence-electron chi connectivity index (χ3n) is 4.19. The molecular formula is C22H18ClN3O3. The van der Waals surface area contributed by atoms with Crippen molar-refractivity contribution in [2.75, 3.05) is 13.2 Å². The van der Waals surface area contributed by atoms with Gasteiger partial charge in [0, 0.05) is 11.1 Å². The van der Waals surface area contributed by atoms with Crippen LogP contribution >= 0.6 is 11.6 Å². The fourth-order valence-corrected chi connectivity index (χ4v) is 2.94. The highest BCUT2D eigenvalue weighted by atomic mass is 35.5. The molecule has 6 nitrogen and oxygen atoms in total. The van der Waals surface area contributed by atoms with Gasteiger partial charge in [0.25, 0.3) is 5.91 Å². The first kappa shape index (κ1) is 18.8. The van der Waals surface area contributed by atoms with E-state index in [0.717, 1.165) is 11.4 Å². The molecule has 1 amide bonds. The monoisotopic (exact) mass is 407 g/mol. The number of carbonyl (C=O) groups excluding carboxylic acids is 1. The highest BCUT2D eigenvalue weighted by Crippen LogP contribution is 2.25. The number of para-hydroxylation sites is 1. The largest absolute Gasteiger partial charge is 0.492 e. The predicted octanol–water partition coefficient (Wildman–Crippen LogP) is 4.59. The average Bonchev–Trinajstić information content (AvgIpc) is 3.42. The fraction of sp³-hybridized carbons (Fsp3) is 0.0909. The van der Waals surface area contributed by atoms with Crippen LogP contribution in [0.4, 0.5) is 0 Å². The van der Waals surface area contributed by atoms with Gasteiger partial charge in [-0.1, -0.05) is 29.8 Å². The number of furan rings is 1. The summed E-state index contributed by atoms with van der Waals surface area (Å²) < 4.78 is 12.8. The van der Waals surface area contributed by atoms with Crippen molar-refractivity contribution in [1.29, 1.82) is 0 Å². The van der Waals surface area contributed by atoms with E-state index in [4.69, 9.17) is 20.8 Å². The number of rotatable bonds is 7. The number of nitrogens with zero attached hydrogens (tertiary/aromatic N) is 2. The first-order valence-corrected chi connectivity index (χ1v) is 9.44. The number of nitrogens with one attached hydrogen (secondary N) is 1. The van der Waals surface area contributed by atoms with Gasteiger partial charge in [-0.05, 0) is 48.5 Å². The van der Waals surface area contributed by atoms with Gasteiger partial charge in [-0.3, -0.25) is 4.79 Å². The number of hydrogen-bond donors (Lipinski definition) is 1. The molecule has 0 radical (unpaired) electrons. The maximum absolute atomic E-state index is 12.6. The molecule has 146 valence electrons. The molecule has 0 fully saturated rings. The summed E-state index contributed by atoms with van der Waals surface area (Å²) in [6.45, 7) is 0.719. The van der Waals surface area contributed by atoms with Gasteiger partial charge in [0.05, 0.1) is 18.5 Å². The summed E-state index contributed by atoms with van der Waals surface area (Å²) in [5.41, 5.74) is 1.72. The van der Waals surface area contributed by atoms with E-state index in [-0.39, 0.29) is 11.6 Å². The molecule has 0 aliphatic rings. The van der Waals surface area contributed by atoms with Gasteiger partial charge in [0.1, 0.15) is 18.1 Å². The zero-order valence-electron chi connectivity index (χ0n) is 15.4. The first-order valence-electron chi connectivity index (χ1n) is 9.06. The molecule has 2 aromatic heterocycles. The van der Waals surface area contributed by atoms with Gasteiger partial charge in [0.2, 0.25) is 0 Å². The first-order chi connectivity index (χ1) is 14.2. The van der Waals surface area contributed by atoms with Crippen molar-refractivity contribution in [3.8, 4) is 22.9 Å². The number of amides is 1. The molecule has 0 aliphatic carbocycles. The summed E-state index contributed by atoms with van der Waals surface area (Å²) >= 11 is 5.99. The average molecular weight is 408 g/mol. The van der Waals surface area contributed by atoms with Crippen LogP contribution in [0, 0.1) is 0 Å². The number of aromatic nitrogens is 2. The minimum atomic E-state index is -0.290. The van der Waals surface area contributed by atoms with Crippen molar-refractivity contribution in [1.82, 2.24) is 15.1 Å². The minimum absolute atomic E-state index is 0.283. The van der Waals surface area contributed by atoms with E-state index in [1.165, 1.54) is 0 Å². The van der Waals surface area contributed by atoms with Crippen LogP contribution in [-0.2, 0) is 0 Å². The van der Waals surface area contributed by atoms with Gasteiger partial charge in [-0.2, -0.15) is 5.10 Å². The maximum Gasteiger partial charge on any atom is 0.271 e. The number of carbonyl (C=O) groups is 1. The van der Waals surface area contributed by atoms with Crippen LogP contribution in [0.2, 0.25) is 5.02 Å². The maximum atomic E-state index is 12.6. The van der Waals surface area contributed by atoms with E-state index in [0.29, 0.717) is 29.6 Å². The molecule has 0 spiro atoms. The molecule has 7 heteroatoms. The Morgan fingerprint density at radius 3 is 2.59 bits per heavy atom. The Balaban J connectivity index is 1.49. The Hall–Kier alpha value is -3.51. The lowest BCUT2D eigenvalue weighted by Gasteiger charge is -2.07. The van der Waals surface area contributed by atoms with Gasteiger partial charge >= 0.3 is 0 Å². The van der Waals surface area contributed by atoms with Crippen LogP contribution in [-0.4, -0.2) is 28.8 Å². The zero-order valence-corrected chi connectivity index (χ0v) is 16.2. The summed E-state index contributed by atoms with van der Waals surface area (Å²) in [7, 11) is 0. The topological polar surface area (TPSA) is 69.3 Å². The number of ether oxygens (including phenoxy) is 1. The molecule has 0 unspecified atom stereocenters. The predicted molar refractivity (Wildman–Crippen MR) is 111 cm³/mol.